The SMILES string of the molecule is Cc1nc(Sc2ccc(CNC(C)C)cc2F)oc1C. The van der Waals surface area contributed by atoms with Gasteiger partial charge in [0.15, 0.2) is 0 Å². The van der Waals surface area contributed by atoms with Crippen LogP contribution in [0.2, 0.25) is 0 Å². The van der Waals surface area contributed by atoms with Crippen molar-refractivity contribution in [2.75, 3.05) is 0 Å². The Kier molecular flexibility index (Phi) is 4.83. The van der Waals surface area contributed by atoms with Crippen LogP contribution in [0, 0.1) is 19.7 Å². The smallest absolute Gasteiger partial charge is 0.261 e. The lowest BCUT2D eigenvalue weighted by Gasteiger charge is -2.09. The minimum Gasteiger partial charge on any atom is -0.436 e. The van der Waals surface area contributed by atoms with Crippen LogP contribution in [0.25, 0.3) is 0 Å². The summed E-state index contributed by atoms with van der Waals surface area (Å²) in [5.41, 5.74) is 1.77. The van der Waals surface area contributed by atoms with E-state index in [9.17, 15) is 4.39 Å². The van der Waals surface area contributed by atoms with Crippen molar-refractivity contribution in [3.05, 3.63) is 41.0 Å². The van der Waals surface area contributed by atoms with Crippen LogP contribution in [0.4, 0.5) is 4.39 Å². The van der Waals surface area contributed by atoms with Crippen molar-refractivity contribution in [2.24, 2.45) is 0 Å². The van der Waals surface area contributed by atoms with E-state index in [1.165, 1.54) is 11.8 Å². The zero-order chi connectivity index (χ0) is 14.7. The van der Waals surface area contributed by atoms with Crippen molar-refractivity contribution in [1.29, 1.82) is 0 Å². The highest BCUT2D eigenvalue weighted by Crippen LogP contribution is 2.30. The largest absolute Gasteiger partial charge is 0.436 e. The fourth-order valence-corrected chi connectivity index (χ4v) is 2.47. The zero-order valence-corrected chi connectivity index (χ0v) is 13.0. The van der Waals surface area contributed by atoms with E-state index in [2.05, 4.69) is 24.1 Å². The molecule has 2 aromatic rings. The second kappa shape index (κ2) is 6.41. The van der Waals surface area contributed by atoms with Gasteiger partial charge in [0.2, 0.25) is 0 Å². The van der Waals surface area contributed by atoms with Gasteiger partial charge in [-0.2, -0.15) is 0 Å². The summed E-state index contributed by atoms with van der Waals surface area (Å²) in [6.45, 7) is 8.52. The van der Waals surface area contributed by atoms with Crippen molar-refractivity contribution in [2.45, 2.75) is 50.4 Å². The first-order chi connectivity index (χ1) is 9.45. The predicted octanol–water partition coefficient (Wildman–Crippen LogP) is 4.08. The van der Waals surface area contributed by atoms with Gasteiger partial charge in [0, 0.05) is 12.6 Å². The van der Waals surface area contributed by atoms with Crippen LogP contribution in [0.15, 0.2) is 32.7 Å². The number of hydrogen-bond acceptors (Lipinski definition) is 4. The summed E-state index contributed by atoms with van der Waals surface area (Å²) < 4.78 is 19.5. The molecule has 1 aromatic heterocycles. The van der Waals surface area contributed by atoms with E-state index in [0.29, 0.717) is 22.7 Å². The molecule has 0 unspecified atom stereocenters. The zero-order valence-electron chi connectivity index (χ0n) is 12.2. The number of oxazole rings is 1. The lowest BCUT2D eigenvalue weighted by molar-refractivity contribution is 0.430. The molecule has 0 aliphatic carbocycles. The number of halogens is 1. The van der Waals surface area contributed by atoms with E-state index in [1.54, 1.807) is 12.1 Å². The molecule has 3 nitrogen and oxygen atoms in total. The third-order valence-corrected chi connectivity index (χ3v) is 3.82. The highest BCUT2D eigenvalue weighted by Gasteiger charge is 2.11. The van der Waals surface area contributed by atoms with E-state index in [0.717, 1.165) is 17.0 Å². The second-order valence-corrected chi connectivity index (χ2v) is 6.02. The normalized spacial score (nSPS) is 11.3. The van der Waals surface area contributed by atoms with E-state index in [1.807, 2.05) is 19.9 Å². The number of aromatic nitrogens is 1. The van der Waals surface area contributed by atoms with Crippen molar-refractivity contribution < 1.29 is 8.81 Å². The summed E-state index contributed by atoms with van der Waals surface area (Å²) in [5.74, 6) is 0.525. The lowest BCUT2D eigenvalue weighted by Crippen LogP contribution is -2.21. The molecule has 20 heavy (non-hydrogen) atoms. The molecule has 5 heteroatoms. The van der Waals surface area contributed by atoms with Gasteiger partial charge in [0.25, 0.3) is 5.22 Å². The Bertz CT molecular complexity index is 576. The Morgan fingerprint density at radius 2 is 2.10 bits per heavy atom. The molecule has 0 bridgehead atoms. The van der Waals surface area contributed by atoms with E-state index in [4.69, 9.17) is 4.42 Å². The van der Waals surface area contributed by atoms with Gasteiger partial charge in [-0.05, 0) is 43.3 Å². The molecule has 1 heterocycles. The number of benzene rings is 1. The molecule has 0 spiro atoms. The molecule has 0 saturated heterocycles. The Morgan fingerprint density at radius 1 is 1.35 bits per heavy atom. The van der Waals surface area contributed by atoms with Crippen LogP contribution in [-0.2, 0) is 6.54 Å². The number of aryl methyl sites for hydroxylation is 2. The number of nitrogens with zero attached hydrogens (tertiary/aromatic N) is 1. The van der Waals surface area contributed by atoms with Gasteiger partial charge in [-0.3, -0.25) is 0 Å². The molecule has 0 fully saturated rings. The molecule has 2 rings (SSSR count). The Balaban J connectivity index is 2.09. The average molecular weight is 294 g/mol. The van der Waals surface area contributed by atoms with Crippen LogP contribution in [0.5, 0.6) is 0 Å². The maximum absolute atomic E-state index is 14.0. The second-order valence-electron chi connectivity index (χ2n) is 5.02. The van der Waals surface area contributed by atoms with Crippen molar-refractivity contribution in [1.82, 2.24) is 10.3 Å². The Hall–Kier alpha value is -1.33. The molecule has 0 aliphatic rings. The van der Waals surface area contributed by atoms with Gasteiger partial charge in [-0.1, -0.05) is 19.9 Å². The maximum atomic E-state index is 14.0. The van der Waals surface area contributed by atoms with E-state index < -0.39 is 0 Å². The summed E-state index contributed by atoms with van der Waals surface area (Å²) in [6.07, 6.45) is 0. The minimum absolute atomic E-state index is 0.244. The van der Waals surface area contributed by atoms with Gasteiger partial charge < -0.3 is 9.73 Å². The molecule has 0 amide bonds. The first kappa shape index (κ1) is 15.1. The first-order valence-electron chi connectivity index (χ1n) is 6.59. The maximum Gasteiger partial charge on any atom is 0.261 e. The van der Waals surface area contributed by atoms with Crippen molar-refractivity contribution >= 4 is 11.8 Å². The summed E-state index contributed by atoms with van der Waals surface area (Å²) in [5, 5.41) is 3.74. The molecule has 0 aliphatic heterocycles. The van der Waals surface area contributed by atoms with E-state index in [-0.39, 0.29) is 5.82 Å². The third kappa shape index (κ3) is 3.84. The molecule has 0 radical (unpaired) electrons. The van der Waals surface area contributed by atoms with Gasteiger partial charge in [-0.15, -0.1) is 0 Å². The third-order valence-electron chi connectivity index (χ3n) is 2.92. The monoisotopic (exact) mass is 294 g/mol. The van der Waals surface area contributed by atoms with Gasteiger partial charge >= 0.3 is 0 Å². The number of hydrogen-bond donors (Lipinski definition) is 1. The number of rotatable bonds is 5. The minimum atomic E-state index is -0.244. The van der Waals surface area contributed by atoms with Crippen molar-refractivity contribution in [3.8, 4) is 0 Å². The lowest BCUT2D eigenvalue weighted by atomic mass is 10.2. The molecule has 1 aromatic carbocycles. The molecule has 108 valence electrons. The predicted molar refractivity (Wildman–Crippen MR) is 78.5 cm³/mol. The van der Waals surface area contributed by atoms with Crippen LogP contribution < -0.4 is 5.32 Å². The first-order valence-corrected chi connectivity index (χ1v) is 7.41. The van der Waals surface area contributed by atoms with Gasteiger partial charge in [-0.25, -0.2) is 9.37 Å². The molecule has 0 atom stereocenters. The van der Waals surface area contributed by atoms with Crippen LogP contribution >= 0.6 is 11.8 Å². The van der Waals surface area contributed by atoms with Crippen molar-refractivity contribution in [3.63, 3.8) is 0 Å². The van der Waals surface area contributed by atoms with E-state index >= 15 is 0 Å². The summed E-state index contributed by atoms with van der Waals surface area (Å²) in [4.78, 5) is 4.77. The van der Waals surface area contributed by atoms with Gasteiger partial charge in [0.05, 0.1) is 10.6 Å². The standard InChI is InChI=1S/C15H19FN2OS/c1-9(2)17-8-12-5-6-14(13(16)7-12)20-15-18-10(3)11(4)19-15/h5-7,9,17H,8H2,1-4H3. The van der Waals surface area contributed by atoms with Crippen LogP contribution in [-0.4, -0.2) is 11.0 Å². The highest BCUT2D eigenvalue weighted by molar-refractivity contribution is 7.99. The number of nitrogens with one attached hydrogen (secondary N) is 1. The fourth-order valence-electron chi connectivity index (χ4n) is 1.64. The molecule has 0 saturated carbocycles. The Labute approximate surface area is 123 Å². The Morgan fingerprint density at radius 3 is 2.65 bits per heavy atom. The fraction of sp³-hybridized carbons (Fsp3) is 0.400. The molecule has 1 N–H and O–H groups in total. The summed E-state index contributed by atoms with van der Waals surface area (Å²) in [7, 11) is 0. The average Bonchev–Trinajstić information content (AvgIpc) is 2.69. The quantitative estimate of drug-likeness (QED) is 0.901. The molecular formula is C15H19FN2OS. The topological polar surface area (TPSA) is 38.1 Å². The van der Waals surface area contributed by atoms with Crippen LogP contribution in [0.3, 0.4) is 0 Å². The highest BCUT2D eigenvalue weighted by atomic mass is 32.2. The summed E-state index contributed by atoms with van der Waals surface area (Å²) >= 11 is 1.21. The van der Waals surface area contributed by atoms with Crippen LogP contribution in [0.1, 0.15) is 30.9 Å². The summed E-state index contributed by atoms with van der Waals surface area (Å²) in [6, 6.07) is 5.63. The molecular weight excluding hydrogens is 275 g/mol. The van der Waals surface area contributed by atoms with Gasteiger partial charge in [0.1, 0.15) is 11.6 Å².